The maximum atomic E-state index is 10.9. The normalized spacial score (nSPS) is 15.6. The van der Waals surface area contributed by atoms with Crippen LogP contribution in [0, 0.1) is 0 Å². The molecule has 0 aliphatic carbocycles. The molecule has 5 heteroatoms. The first-order valence-electron chi connectivity index (χ1n) is 4.03. The molecule has 1 aromatic rings. The van der Waals surface area contributed by atoms with Crippen LogP contribution in [0.4, 0.5) is 5.95 Å². The number of anilines is 1. The Morgan fingerprint density at radius 1 is 1.58 bits per heavy atom. The molecule has 0 saturated carbocycles. The summed E-state index contributed by atoms with van der Waals surface area (Å²) in [6.45, 7) is 2.73. The smallest absolute Gasteiger partial charge is 0.231 e. The Hall–Kier alpha value is -1.39. The number of hydrogen-bond donors (Lipinski definition) is 1. The second-order valence-corrected chi connectivity index (χ2v) is 2.74. The van der Waals surface area contributed by atoms with E-state index in [1.54, 1.807) is 0 Å². The number of carbonyl (C=O) groups is 1. The maximum Gasteiger partial charge on any atom is 0.231 e. The molecule has 1 amide bonds. The summed E-state index contributed by atoms with van der Waals surface area (Å²) in [5.41, 5.74) is 0. The number of nitrogens with one attached hydrogen (secondary N) is 1. The van der Waals surface area contributed by atoms with Crippen molar-refractivity contribution >= 4 is 11.9 Å². The summed E-state index contributed by atoms with van der Waals surface area (Å²) in [6, 6.07) is 0. The van der Waals surface area contributed by atoms with E-state index in [0.29, 0.717) is 18.9 Å². The first-order valence-corrected chi connectivity index (χ1v) is 4.03. The summed E-state index contributed by atoms with van der Waals surface area (Å²) in [6.07, 6.45) is 1.38. The summed E-state index contributed by atoms with van der Waals surface area (Å²) in [5, 5.41) is 10.5. The topological polar surface area (TPSA) is 59.8 Å². The fourth-order valence-corrected chi connectivity index (χ4v) is 1.32. The number of hydrogen-bond acceptors (Lipinski definition) is 3. The Labute approximate surface area is 69.8 Å². The highest BCUT2D eigenvalue weighted by molar-refractivity contribution is 5.90. The molecular formula is C7H10N4O. The molecule has 1 aliphatic rings. The first kappa shape index (κ1) is 7.27. The van der Waals surface area contributed by atoms with Gasteiger partial charge in [-0.2, -0.15) is 0 Å². The third kappa shape index (κ3) is 0.975. The molecule has 1 aromatic heterocycles. The zero-order valence-corrected chi connectivity index (χ0v) is 6.87. The maximum absolute atomic E-state index is 10.9. The molecule has 0 atom stereocenters. The van der Waals surface area contributed by atoms with E-state index >= 15 is 0 Å². The molecule has 0 spiro atoms. The number of aromatic nitrogens is 3. The third-order valence-corrected chi connectivity index (χ3v) is 1.96. The second-order valence-electron chi connectivity index (χ2n) is 2.74. The Kier molecular flexibility index (Phi) is 1.56. The van der Waals surface area contributed by atoms with Gasteiger partial charge >= 0.3 is 0 Å². The Morgan fingerprint density at radius 2 is 2.42 bits per heavy atom. The lowest BCUT2D eigenvalue weighted by Gasteiger charge is -2.14. The SMILES string of the molecule is CCc1nnc2n1CCC(=O)N2. The predicted molar refractivity (Wildman–Crippen MR) is 42.6 cm³/mol. The van der Waals surface area contributed by atoms with Gasteiger partial charge in [-0.25, -0.2) is 0 Å². The van der Waals surface area contributed by atoms with Gasteiger partial charge in [-0.15, -0.1) is 10.2 Å². The molecule has 5 nitrogen and oxygen atoms in total. The predicted octanol–water partition coefficient (Wildman–Crippen LogP) is 0.183. The van der Waals surface area contributed by atoms with E-state index in [9.17, 15) is 4.79 Å². The average molecular weight is 166 g/mol. The van der Waals surface area contributed by atoms with Crippen LogP contribution >= 0.6 is 0 Å². The van der Waals surface area contributed by atoms with E-state index in [-0.39, 0.29) is 5.91 Å². The zero-order chi connectivity index (χ0) is 8.55. The molecule has 12 heavy (non-hydrogen) atoms. The van der Waals surface area contributed by atoms with Crippen molar-refractivity contribution in [1.82, 2.24) is 14.8 Å². The molecule has 2 rings (SSSR count). The summed E-state index contributed by atoms with van der Waals surface area (Å²) in [7, 11) is 0. The lowest BCUT2D eigenvalue weighted by Crippen LogP contribution is -2.24. The van der Waals surface area contributed by atoms with Crippen molar-refractivity contribution in [1.29, 1.82) is 0 Å². The van der Waals surface area contributed by atoms with Gasteiger partial charge in [0.25, 0.3) is 0 Å². The molecule has 64 valence electrons. The lowest BCUT2D eigenvalue weighted by atomic mass is 10.3. The van der Waals surface area contributed by atoms with Crippen LogP contribution < -0.4 is 5.32 Å². The van der Waals surface area contributed by atoms with Gasteiger partial charge in [0.15, 0.2) is 0 Å². The van der Waals surface area contributed by atoms with E-state index in [0.717, 1.165) is 12.2 Å². The van der Waals surface area contributed by atoms with Crippen LogP contribution in [0.25, 0.3) is 0 Å². The van der Waals surface area contributed by atoms with Crippen molar-refractivity contribution in [3.05, 3.63) is 5.82 Å². The van der Waals surface area contributed by atoms with Gasteiger partial charge in [-0.3, -0.25) is 14.7 Å². The molecule has 0 unspecified atom stereocenters. The molecule has 1 N–H and O–H groups in total. The van der Waals surface area contributed by atoms with Gasteiger partial charge < -0.3 is 0 Å². The monoisotopic (exact) mass is 166 g/mol. The van der Waals surface area contributed by atoms with Gasteiger partial charge in [-0.1, -0.05) is 6.92 Å². The molecule has 0 bridgehead atoms. The van der Waals surface area contributed by atoms with E-state index in [1.807, 2.05) is 11.5 Å². The van der Waals surface area contributed by atoms with Gasteiger partial charge in [0.1, 0.15) is 5.82 Å². The quantitative estimate of drug-likeness (QED) is 0.647. The highest BCUT2D eigenvalue weighted by Gasteiger charge is 2.18. The summed E-state index contributed by atoms with van der Waals surface area (Å²) >= 11 is 0. The second kappa shape index (κ2) is 2.58. The Balaban J connectivity index is 2.38. The summed E-state index contributed by atoms with van der Waals surface area (Å²) in [5.74, 6) is 1.55. The number of fused-ring (bicyclic) bond motifs is 1. The number of carbonyl (C=O) groups excluding carboxylic acids is 1. The fraction of sp³-hybridized carbons (Fsp3) is 0.571. The van der Waals surface area contributed by atoms with Crippen LogP contribution in [-0.2, 0) is 17.8 Å². The minimum absolute atomic E-state index is 0.0255. The average Bonchev–Trinajstić information content (AvgIpc) is 2.46. The lowest BCUT2D eigenvalue weighted by molar-refractivity contribution is -0.116. The van der Waals surface area contributed by atoms with E-state index in [2.05, 4.69) is 15.5 Å². The van der Waals surface area contributed by atoms with Crippen molar-refractivity contribution in [3.8, 4) is 0 Å². The van der Waals surface area contributed by atoms with Crippen molar-refractivity contribution in [2.24, 2.45) is 0 Å². The van der Waals surface area contributed by atoms with Crippen LogP contribution in [-0.4, -0.2) is 20.7 Å². The molecule has 0 radical (unpaired) electrons. The standard InChI is InChI=1S/C7H10N4O/c1-2-5-9-10-7-8-6(12)3-4-11(5)7/h2-4H2,1H3,(H,8,10,12). The highest BCUT2D eigenvalue weighted by atomic mass is 16.1. The molecule has 0 aromatic carbocycles. The van der Waals surface area contributed by atoms with Crippen LogP contribution in [0.2, 0.25) is 0 Å². The van der Waals surface area contributed by atoms with Crippen molar-refractivity contribution in [2.75, 3.05) is 5.32 Å². The fourth-order valence-electron chi connectivity index (χ4n) is 1.32. The van der Waals surface area contributed by atoms with Gasteiger partial charge in [0.05, 0.1) is 0 Å². The largest absolute Gasteiger partial charge is 0.297 e. The van der Waals surface area contributed by atoms with Crippen molar-refractivity contribution in [2.45, 2.75) is 26.3 Å². The van der Waals surface area contributed by atoms with Gasteiger partial charge in [-0.05, 0) is 0 Å². The minimum atomic E-state index is 0.0255. The Bertz CT molecular complexity index is 317. The van der Waals surface area contributed by atoms with Crippen LogP contribution in [0.1, 0.15) is 19.2 Å². The van der Waals surface area contributed by atoms with E-state index in [4.69, 9.17) is 0 Å². The third-order valence-electron chi connectivity index (χ3n) is 1.96. The zero-order valence-electron chi connectivity index (χ0n) is 6.87. The molecule has 2 heterocycles. The molecular weight excluding hydrogens is 156 g/mol. The van der Waals surface area contributed by atoms with Crippen LogP contribution in [0.5, 0.6) is 0 Å². The van der Waals surface area contributed by atoms with Gasteiger partial charge in [0.2, 0.25) is 11.9 Å². The number of rotatable bonds is 1. The van der Waals surface area contributed by atoms with Gasteiger partial charge in [0, 0.05) is 19.4 Å². The number of aryl methyl sites for hydroxylation is 1. The van der Waals surface area contributed by atoms with E-state index in [1.165, 1.54) is 0 Å². The van der Waals surface area contributed by atoms with Crippen LogP contribution in [0.15, 0.2) is 0 Å². The van der Waals surface area contributed by atoms with Crippen molar-refractivity contribution < 1.29 is 4.79 Å². The number of amides is 1. The van der Waals surface area contributed by atoms with Crippen LogP contribution in [0.3, 0.4) is 0 Å². The van der Waals surface area contributed by atoms with Crippen molar-refractivity contribution in [3.63, 3.8) is 0 Å². The molecule has 0 fully saturated rings. The molecule has 1 aliphatic heterocycles. The summed E-state index contributed by atoms with van der Waals surface area (Å²) in [4.78, 5) is 10.9. The first-order chi connectivity index (χ1) is 5.81. The summed E-state index contributed by atoms with van der Waals surface area (Å²) < 4.78 is 1.95. The minimum Gasteiger partial charge on any atom is -0.297 e. The highest BCUT2D eigenvalue weighted by Crippen LogP contribution is 2.13. The Morgan fingerprint density at radius 3 is 3.17 bits per heavy atom. The number of nitrogens with zero attached hydrogens (tertiary/aromatic N) is 3. The molecule has 0 saturated heterocycles. The van der Waals surface area contributed by atoms with E-state index < -0.39 is 0 Å².